The van der Waals surface area contributed by atoms with E-state index in [1.165, 1.54) is 12.4 Å². The average Bonchev–Trinajstić information content (AvgIpc) is 2.30. The number of aromatic nitrogens is 1. The molecule has 82 valence electrons. The minimum atomic E-state index is -0.389. The number of pyridine rings is 1. The van der Waals surface area contributed by atoms with E-state index in [-0.39, 0.29) is 12.4 Å². The smallest absolute Gasteiger partial charge is 0.149 e. The summed E-state index contributed by atoms with van der Waals surface area (Å²) in [6, 6.07) is 6.95. The molecule has 2 nitrogen and oxygen atoms in total. The van der Waals surface area contributed by atoms with Gasteiger partial charge in [0.25, 0.3) is 0 Å². The third-order valence-electron chi connectivity index (χ3n) is 2.30. The molecule has 1 aromatic carbocycles. The highest BCUT2D eigenvalue weighted by molar-refractivity contribution is 9.10. The SMILES string of the molecule is OCc1cc(Br)ccc1-c1ccncc1F. The second-order valence-corrected chi connectivity index (χ2v) is 4.23. The van der Waals surface area contributed by atoms with Crippen LogP contribution >= 0.6 is 15.9 Å². The molecule has 0 fully saturated rings. The van der Waals surface area contributed by atoms with Crippen molar-refractivity contribution in [1.82, 2.24) is 4.98 Å². The molecule has 0 aliphatic carbocycles. The molecular formula is C12H9BrFNO. The zero-order valence-electron chi connectivity index (χ0n) is 8.32. The third-order valence-corrected chi connectivity index (χ3v) is 2.79. The molecule has 0 spiro atoms. The molecule has 0 saturated heterocycles. The number of rotatable bonds is 2. The first-order chi connectivity index (χ1) is 7.72. The monoisotopic (exact) mass is 281 g/mol. The van der Waals surface area contributed by atoms with Crippen LogP contribution in [0.25, 0.3) is 11.1 Å². The predicted octanol–water partition coefficient (Wildman–Crippen LogP) is 3.14. The van der Waals surface area contributed by atoms with Crippen molar-refractivity contribution >= 4 is 15.9 Å². The summed E-state index contributed by atoms with van der Waals surface area (Å²) in [6.07, 6.45) is 2.69. The molecule has 0 radical (unpaired) electrons. The number of nitrogens with zero attached hydrogens (tertiary/aromatic N) is 1. The van der Waals surface area contributed by atoms with E-state index in [0.717, 1.165) is 4.47 Å². The molecule has 0 bridgehead atoms. The van der Waals surface area contributed by atoms with Gasteiger partial charge in [0.15, 0.2) is 0 Å². The van der Waals surface area contributed by atoms with Crippen molar-refractivity contribution in [1.29, 1.82) is 0 Å². The fourth-order valence-electron chi connectivity index (χ4n) is 1.55. The van der Waals surface area contributed by atoms with Crippen LogP contribution in [-0.2, 0) is 6.61 Å². The Morgan fingerprint density at radius 1 is 1.25 bits per heavy atom. The standard InChI is InChI=1S/C12H9BrFNO/c13-9-1-2-10(8(5-9)7-16)11-3-4-15-6-12(11)14/h1-6,16H,7H2. The van der Waals surface area contributed by atoms with Gasteiger partial charge in [-0.15, -0.1) is 0 Å². The molecule has 16 heavy (non-hydrogen) atoms. The second-order valence-electron chi connectivity index (χ2n) is 3.32. The fraction of sp³-hybridized carbons (Fsp3) is 0.0833. The highest BCUT2D eigenvalue weighted by Crippen LogP contribution is 2.28. The van der Waals surface area contributed by atoms with E-state index in [1.54, 1.807) is 18.2 Å². The third kappa shape index (κ3) is 2.13. The van der Waals surface area contributed by atoms with Gasteiger partial charge in [-0.2, -0.15) is 0 Å². The minimum Gasteiger partial charge on any atom is -0.392 e. The molecule has 1 heterocycles. The van der Waals surface area contributed by atoms with Crippen LogP contribution in [-0.4, -0.2) is 10.1 Å². The zero-order valence-corrected chi connectivity index (χ0v) is 9.91. The van der Waals surface area contributed by atoms with Gasteiger partial charge in [0.1, 0.15) is 5.82 Å². The summed E-state index contributed by atoms with van der Waals surface area (Å²) >= 11 is 3.31. The lowest BCUT2D eigenvalue weighted by Crippen LogP contribution is -1.92. The number of hydrogen-bond acceptors (Lipinski definition) is 2. The van der Waals surface area contributed by atoms with Crippen molar-refractivity contribution in [2.45, 2.75) is 6.61 Å². The van der Waals surface area contributed by atoms with Crippen molar-refractivity contribution in [3.63, 3.8) is 0 Å². The van der Waals surface area contributed by atoms with E-state index in [9.17, 15) is 9.50 Å². The van der Waals surface area contributed by atoms with E-state index in [0.29, 0.717) is 16.7 Å². The minimum absolute atomic E-state index is 0.128. The first-order valence-electron chi connectivity index (χ1n) is 4.71. The van der Waals surface area contributed by atoms with Crippen molar-refractivity contribution in [2.24, 2.45) is 0 Å². The van der Waals surface area contributed by atoms with Crippen LogP contribution in [0, 0.1) is 5.82 Å². The molecule has 4 heteroatoms. The van der Waals surface area contributed by atoms with E-state index in [2.05, 4.69) is 20.9 Å². The van der Waals surface area contributed by atoms with Gasteiger partial charge in [-0.05, 0) is 29.3 Å². The summed E-state index contributed by atoms with van der Waals surface area (Å²) in [5, 5.41) is 9.24. The number of aliphatic hydroxyl groups is 1. The van der Waals surface area contributed by atoms with Gasteiger partial charge in [0.2, 0.25) is 0 Å². The highest BCUT2D eigenvalue weighted by atomic mass is 79.9. The molecule has 1 N–H and O–H groups in total. The van der Waals surface area contributed by atoms with E-state index >= 15 is 0 Å². The first-order valence-corrected chi connectivity index (χ1v) is 5.51. The highest BCUT2D eigenvalue weighted by Gasteiger charge is 2.09. The van der Waals surface area contributed by atoms with Gasteiger partial charge in [-0.3, -0.25) is 4.98 Å². The summed E-state index contributed by atoms with van der Waals surface area (Å²) in [5.74, 6) is -0.389. The summed E-state index contributed by atoms with van der Waals surface area (Å²) in [6.45, 7) is -0.128. The first kappa shape index (κ1) is 11.2. The number of halogens is 2. The van der Waals surface area contributed by atoms with Crippen LogP contribution in [0.3, 0.4) is 0 Å². The van der Waals surface area contributed by atoms with Gasteiger partial charge in [0.05, 0.1) is 12.8 Å². The van der Waals surface area contributed by atoms with Crippen molar-refractivity contribution in [3.05, 3.63) is 52.5 Å². The molecule has 0 unspecified atom stereocenters. The quantitative estimate of drug-likeness (QED) is 0.918. The topological polar surface area (TPSA) is 33.1 Å². The summed E-state index contributed by atoms with van der Waals surface area (Å²) in [7, 11) is 0. The van der Waals surface area contributed by atoms with Gasteiger partial charge < -0.3 is 5.11 Å². The maximum atomic E-state index is 13.5. The van der Waals surface area contributed by atoms with Crippen LogP contribution in [0.2, 0.25) is 0 Å². The zero-order chi connectivity index (χ0) is 11.5. The maximum Gasteiger partial charge on any atom is 0.149 e. The van der Waals surface area contributed by atoms with Gasteiger partial charge in [-0.1, -0.05) is 22.0 Å². The fourth-order valence-corrected chi connectivity index (χ4v) is 1.96. The van der Waals surface area contributed by atoms with Crippen LogP contribution < -0.4 is 0 Å². The Morgan fingerprint density at radius 2 is 2.06 bits per heavy atom. The van der Waals surface area contributed by atoms with Crippen molar-refractivity contribution in [2.75, 3.05) is 0 Å². The molecule has 0 aliphatic heterocycles. The summed E-state index contributed by atoms with van der Waals surface area (Å²) in [4.78, 5) is 3.70. The van der Waals surface area contributed by atoms with Crippen LogP contribution in [0.15, 0.2) is 41.1 Å². The van der Waals surface area contributed by atoms with Gasteiger partial charge in [-0.25, -0.2) is 4.39 Å². The molecule has 0 amide bonds. The normalized spacial score (nSPS) is 10.4. The molecule has 2 aromatic rings. The Hall–Kier alpha value is -1.26. The van der Waals surface area contributed by atoms with Gasteiger partial charge in [0, 0.05) is 16.2 Å². The number of benzene rings is 1. The van der Waals surface area contributed by atoms with Crippen molar-refractivity contribution in [3.8, 4) is 11.1 Å². The lowest BCUT2D eigenvalue weighted by atomic mass is 10.0. The Morgan fingerprint density at radius 3 is 2.75 bits per heavy atom. The molecule has 2 rings (SSSR count). The van der Waals surface area contributed by atoms with E-state index in [4.69, 9.17) is 0 Å². The van der Waals surface area contributed by atoms with Crippen LogP contribution in [0.4, 0.5) is 4.39 Å². The van der Waals surface area contributed by atoms with Crippen molar-refractivity contribution < 1.29 is 9.50 Å². The second kappa shape index (κ2) is 4.72. The largest absolute Gasteiger partial charge is 0.392 e. The lowest BCUT2D eigenvalue weighted by molar-refractivity contribution is 0.282. The van der Waals surface area contributed by atoms with E-state index in [1.807, 2.05) is 6.07 Å². The Labute approximate surface area is 101 Å². The number of hydrogen-bond donors (Lipinski definition) is 1. The molecule has 0 aliphatic rings. The molecule has 1 aromatic heterocycles. The van der Waals surface area contributed by atoms with E-state index < -0.39 is 0 Å². The predicted molar refractivity (Wildman–Crippen MR) is 63.3 cm³/mol. The maximum absolute atomic E-state index is 13.5. The summed E-state index contributed by atoms with van der Waals surface area (Å²) < 4.78 is 14.4. The van der Waals surface area contributed by atoms with Crippen LogP contribution in [0.1, 0.15) is 5.56 Å². The molecule has 0 atom stereocenters. The van der Waals surface area contributed by atoms with Crippen LogP contribution in [0.5, 0.6) is 0 Å². The Kier molecular flexibility index (Phi) is 3.31. The Bertz CT molecular complexity index is 516. The van der Waals surface area contributed by atoms with Gasteiger partial charge >= 0.3 is 0 Å². The average molecular weight is 282 g/mol. The Balaban J connectivity index is 2.60. The summed E-state index contributed by atoms with van der Waals surface area (Å²) in [5.41, 5.74) is 1.82. The number of aliphatic hydroxyl groups excluding tert-OH is 1. The molecule has 0 saturated carbocycles. The lowest BCUT2D eigenvalue weighted by Gasteiger charge is -2.08. The molecular weight excluding hydrogens is 273 g/mol.